The molecule has 3 heteroatoms. The Morgan fingerprint density at radius 1 is 1.33 bits per heavy atom. The predicted octanol–water partition coefficient (Wildman–Crippen LogP) is 2.26. The quantitative estimate of drug-likeness (QED) is 0.814. The van der Waals surface area contributed by atoms with E-state index in [1.165, 1.54) is 38.6 Å². The second kappa shape index (κ2) is 6.88. The van der Waals surface area contributed by atoms with Gasteiger partial charge in [0.25, 0.3) is 0 Å². The van der Waals surface area contributed by atoms with E-state index in [2.05, 4.69) is 31.1 Å². The number of nitrogens with one attached hydrogen (secondary N) is 1. The molecule has 2 rings (SSSR count). The molecule has 4 atom stereocenters. The molecule has 3 nitrogen and oxygen atoms in total. The van der Waals surface area contributed by atoms with E-state index in [-0.39, 0.29) is 0 Å². The van der Waals surface area contributed by atoms with Crippen LogP contribution in [0.2, 0.25) is 0 Å². The largest absolute Gasteiger partial charge is 0.376 e. The number of morpholine rings is 1. The molecular formula is C15H30N2O. The van der Waals surface area contributed by atoms with E-state index in [0.29, 0.717) is 12.1 Å². The highest BCUT2D eigenvalue weighted by molar-refractivity contribution is 4.84. The number of hydrogen-bond acceptors (Lipinski definition) is 3. The van der Waals surface area contributed by atoms with Crippen molar-refractivity contribution in [3.8, 4) is 0 Å². The maximum absolute atomic E-state index is 5.77. The Morgan fingerprint density at radius 3 is 2.89 bits per heavy atom. The minimum Gasteiger partial charge on any atom is -0.376 e. The van der Waals surface area contributed by atoms with Crippen molar-refractivity contribution in [3.63, 3.8) is 0 Å². The van der Waals surface area contributed by atoms with Crippen LogP contribution in [0.25, 0.3) is 0 Å². The van der Waals surface area contributed by atoms with Crippen molar-refractivity contribution in [1.82, 2.24) is 10.2 Å². The van der Waals surface area contributed by atoms with E-state index in [1.54, 1.807) is 0 Å². The summed E-state index contributed by atoms with van der Waals surface area (Å²) >= 11 is 0. The van der Waals surface area contributed by atoms with Crippen molar-refractivity contribution < 1.29 is 4.74 Å². The average Bonchev–Trinajstić information content (AvgIpc) is 2.84. The molecule has 106 valence electrons. The van der Waals surface area contributed by atoms with E-state index in [0.717, 1.165) is 25.1 Å². The molecule has 1 saturated heterocycles. The molecular weight excluding hydrogens is 224 g/mol. The molecule has 0 aromatic carbocycles. The molecule has 1 aliphatic carbocycles. The van der Waals surface area contributed by atoms with Gasteiger partial charge in [-0.25, -0.2) is 0 Å². The van der Waals surface area contributed by atoms with Crippen LogP contribution in [-0.2, 0) is 4.74 Å². The third kappa shape index (κ3) is 3.46. The zero-order valence-electron chi connectivity index (χ0n) is 12.3. The first-order valence-electron chi connectivity index (χ1n) is 7.77. The van der Waals surface area contributed by atoms with Crippen LogP contribution in [0.15, 0.2) is 0 Å². The van der Waals surface area contributed by atoms with Gasteiger partial charge in [0.2, 0.25) is 0 Å². The third-order valence-electron chi connectivity index (χ3n) is 4.87. The lowest BCUT2D eigenvalue weighted by Gasteiger charge is -2.39. The van der Waals surface area contributed by atoms with E-state index >= 15 is 0 Å². The summed E-state index contributed by atoms with van der Waals surface area (Å²) in [6.45, 7) is 7.79. The molecule has 0 aromatic heterocycles. The predicted molar refractivity (Wildman–Crippen MR) is 75.9 cm³/mol. The SMILES string of the molecule is CCC1COC(C)CN1CCC1CCCC1NC. The van der Waals surface area contributed by atoms with Crippen molar-refractivity contribution >= 4 is 0 Å². The Kier molecular flexibility index (Phi) is 5.46. The molecule has 1 heterocycles. The molecule has 1 N–H and O–H groups in total. The topological polar surface area (TPSA) is 24.5 Å². The lowest BCUT2D eigenvalue weighted by molar-refractivity contribution is -0.0573. The zero-order chi connectivity index (χ0) is 13.0. The van der Waals surface area contributed by atoms with Crippen molar-refractivity contribution in [1.29, 1.82) is 0 Å². The van der Waals surface area contributed by atoms with Crippen LogP contribution >= 0.6 is 0 Å². The van der Waals surface area contributed by atoms with Crippen LogP contribution in [0.1, 0.15) is 46.0 Å². The average molecular weight is 254 g/mol. The van der Waals surface area contributed by atoms with Gasteiger partial charge in [-0.2, -0.15) is 0 Å². The fourth-order valence-electron chi connectivity index (χ4n) is 3.66. The van der Waals surface area contributed by atoms with Gasteiger partial charge in [-0.3, -0.25) is 4.90 Å². The highest BCUT2D eigenvalue weighted by Crippen LogP contribution is 2.29. The first kappa shape index (κ1) is 14.3. The maximum atomic E-state index is 5.77. The second-order valence-corrected chi connectivity index (χ2v) is 6.08. The normalized spacial score (nSPS) is 38.2. The highest BCUT2D eigenvalue weighted by atomic mass is 16.5. The van der Waals surface area contributed by atoms with Crippen LogP contribution in [0.5, 0.6) is 0 Å². The molecule has 1 aliphatic heterocycles. The van der Waals surface area contributed by atoms with E-state index < -0.39 is 0 Å². The lowest BCUT2D eigenvalue weighted by atomic mass is 9.98. The van der Waals surface area contributed by atoms with Crippen LogP contribution < -0.4 is 5.32 Å². The van der Waals surface area contributed by atoms with E-state index in [9.17, 15) is 0 Å². The minimum atomic E-state index is 0.413. The number of nitrogens with zero attached hydrogens (tertiary/aromatic N) is 1. The molecule has 2 aliphatic rings. The third-order valence-corrected chi connectivity index (χ3v) is 4.87. The van der Waals surface area contributed by atoms with Crippen molar-refractivity contribution in [2.75, 3.05) is 26.7 Å². The minimum absolute atomic E-state index is 0.413. The summed E-state index contributed by atoms with van der Waals surface area (Å²) in [5.41, 5.74) is 0. The Hall–Kier alpha value is -0.120. The monoisotopic (exact) mass is 254 g/mol. The van der Waals surface area contributed by atoms with Gasteiger partial charge < -0.3 is 10.1 Å². The lowest BCUT2D eigenvalue weighted by Crippen LogP contribution is -2.49. The van der Waals surface area contributed by atoms with Crippen LogP contribution in [0.4, 0.5) is 0 Å². The molecule has 2 fully saturated rings. The molecule has 0 amide bonds. The fraction of sp³-hybridized carbons (Fsp3) is 1.00. The summed E-state index contributed by atoms with van der Waals surface area (Å²) in [6.07, 6.45) is 7.19. The molecule has 18 heavy (non-hydrogen) atoms. The molecule has 0 radical (unpaired) electrons. The molecule has 0 bridgehead atoms. The van der Waals surface area contributed by atoms with Crippen LogP contribution in [0.3, 0.4) is 0 Å². The van der Waals surface area contributed by atoms with Crippen LogP contribution in [0, 0.1) is 5.92 Å². The van der Waals surface area contributed by atoms with Crippen molar-refractivity contribution in [3.05, 3.63) is 0 Å². The summed E-state index contributed by atoms with van der Waals surface area (Å²) in [6, 6.07) is 1.42. The van der Waals surface area contributed by atoms with E-state index in [1.807, 2.05) is 0 Å². The molecule has 0 aromatic rings. The standard InChI is InChI=1S/C15H30N2O/c1-4-14-11-18-12(2)10-17(14)9-8-13-6-5-7-15(13)16-3/h12-16H,4-11H2,1-3H3. The summed E-state index contributed by atoms with van der Waals surface area (Å²) in [7, 11) is 2.12. The Bertz CT molecular complexity index is 247. The van der Waals surface area contributed by atoms with Crippen LogP contribution in [-0.4, -0.2) is 49.8 Å². The first-order valence-corrected chi connectivity index (χ1v) is 7.77. The van der Waals surface area contributed by atoms with Crippen molar-refractivity contribution in [2.24, 2.45) is 5.92 Å². The smallest absolute Gasteiger partial charge is 0.0674 e. The summed E-state index contributed by atoms with van der Waals surface area (Å²) in [5, 5.41) is 3.49. The summed E-state index contributed by atoms with van der Waals surface area (Å²) in [5.74, 6) is 0.894. The highest BCUT2D eigenvalue weighted by Gasteiger charge is 2.29. The first-order chi connectivity index (χ1) is 8.74. The van der Waals surface area contributed by atoms with E-state index in [4.69, 9.17) is 4.74 Å². The van der Waals surface area contributed by atoms with Gasteiger partial charge in [0, 0.05) is 18.6 Å². The number of hydrogen-bond donors (Lipinski definition) is 1. The van der Waals surface area contributed by atoms with Gasteiger partial charge in [0.15, 0.2) is 0 Å². The fourth-order valence-corrected chi connectivity index (χ4v) is 3.66. The maximum Gasteiger partial charge on any atom is 0.0674 e. The summed E-state index contributed by atoms with van der Waals surface area (Å²) in [4.78, 5) is 2.67. The Morgan fingerprint density at radius 2 is 2.17 bits per heavy atom. The van der Waals surface area contributed by atoms with Gasteiger partial charge in [-0.05, 0) is 52.1 Å². The Labute approximate surface area is 112 Å². The molecule has 0 spiro atoms. The summed E-state index contributed by atoms with van der Waals surface area (Å²) < 4.78 is 5.77. The Balaban J connectivity index is 1.80. The molecule has 4 unspecified atom stereocenters. The van der Waals surface area contributed by atoms with Gasteiger partial charge in [-0.15, -0.1) is 0 Å². The number of rotatable bonds is 5. The number of ether oxygens (including phenoxy) is 1. The molecule has 1 saturated carbocycles. The van der Waals surface area contributed by atoms with Gasteiger partial charge in [0.1, 0.15) is 0 Å². The van der Waals surface area contributed by atoms with Gasteiger partial charge in [-0.1, -0.05) is 13.3 Å². The second-order valence-electron chi connectivity index (χ2n) is 6.08. The van der Waals surface area contributed by atoms with Crippen molar-refractivity contribution in [2.45, 2.75) is 64.1 Å². The van der Waals surface area contributed by atoms with Gasteiger partial charge >= 0.3 is 0 Å². The zero-order valence-corrected chi connectivity index (χ0v) is 12.3. The van der Waals surface area contributed by atoms with Gasteiger partial charge in [0.05, 0.1) is 12.7 Å².